The lowest BCUT2D eigenvalue weighted by Gasteiger charge is -2.60. The van der Waals surface area contributed by atoms with Gasteiger partial charge in [-0.05, 0) is 57.9 Å². The van der Waals surface area contributed by atoms with E-state index in [-0.39, 0.29) is 43.1 Å². The number of phenols is 1. The molecule has 2 N–H and O–H groups in total. The van der Waals surface area contributed by atoms with Crippen LogP contribution in [0, 0.1) is 25.2 Å². The van der Waals surface area contributed by atoms with Gasteiger partial charge in [-0.2, -0.15) is 5.26 Å². The second-order valence-electron chi connectivity index (χ2n) is 11.6. The third-order valence-electron chi connectivity index (χ3n) is 9.30. The largest absolute Gasteiger partial charge is 0.504 e. The van der Waals surface area contributed by atoms with Crippen LogP contribution in [0.1, 0.15) is 59.3 Å². The highest BCUT2D eigenvalue weighted by Gasteiger charge is 2.56. The number of methoxy groups -OCH3 is 1. The first-order valence-electron chi connectivity index (χ1n) is 14.4. The monoisotopic (exact) mass is 588 g/mol. The summed E-state index contributed by atoms with van der Waals surface area (Å²) in [5, 5.41) is 25.3. The Bertz CT molecular complexity index is 1600. The summed E-state index contributed by atoms with van der Waals surface area (Å²) in [7, 11) is 3.53. The topological polar surface area (TPSA) is 134 Å². The van der Waals surface area contributed by atoms with Crippen molar-refractivity contribution in [1.29, 1.82) is 5.26 Å². The van der Waals surface area contributed by atoms with Crippen LogP contribution in [0.3, 0.4) is 0 Å². The second kappa shape index (κ2) is 10.8. The Balaban J connectivity index is 1.61. The van der Waals surface area contributed by atoms with Crippen molar-refractivity contribution in [2.75, 3.05) is 27.5 Å². The number of allylic oxidation sites excluding steroid dienone is 1. The maximum atomic E-state index is 12.7. The lowest BCUT2D eigenvalue weighted by Crippen LogP contribution is -2.68. The van der Waals surface area contributed by atoms with E-state index in [1.54, 1.807) is 20.1 Å². The zero-order valence-electron chi connectivity index (χ0n) is 25.2. The molecule has 43 heavy (non-hydrogen) atoms. The van der Waals surface area contributed by atoms with E-state index in [2.05, 4.69) is 21.2 Å². The predicted octanol–water partition coefficient (Wildman–Crippen LogP) is 3.14. The number of rotatable bonds is 5. The van der Waals surface area contributed by atoms with Crippen LogP contribution in [0.25, 0.3) is 0 Å². The van der Waals surface area contributed by atoms with Crippen LogP contribution >= 0.6 is 0 Å². The van der Waals surface area contributed by atoms with E-state index in [1.165, 1.54) is 13.0 Å². The fraction of sp³-hybridized carbons (Fsp3) is 0.469. The van der Waals surface area contributed by atoms with E-state index in [0.717, 1.165) is 27.8 Å². The number of hydrogen-bond acceptors (Lipinski definition) is 10. The van der Waals surface area contributed by atoms with E-state index in [0.29, 0.717) is 41.4 Å². The maximum Gasteiger partial charge on any atom is 0.308 e. The molecular weight excluding hydrogens is 552 g/mol. The summed E-state index contributed by atoms with van der Waals surface area (Å²) < 4.78 is 23.4. The minimum absolute atomic E-state index is 0.00325. The molecule has 4 aliphatic rings. The number of fused-ring (bicyclic) bond motifs is 9. The Hall–Kier alpha value is -4.27. The van der Waals surface area contributed by atoms with Crippen molar-refractivity contribution < 1.29 is 33.6 Å². The smallest absolute Gasteiger partial charge is 0.308 e. The van der Waals surface area contributed by atoms with Crippen molar-refractivity contribution in [3.05, 3.63) is 51.6 Å². The van der Waals surface area contributed by atoms with Gasteiger partial charge in [-0.1, -0.05) is 12.1 Å². The second-order valence-corrected chi connectivity index (χ2v) is 11.6. The summed E-state index contributed by atoms with van der Waals surface area (Å²) >= 11 is 0. The number of hydrogen-bond donors (Lipinski definition) is 2. The summed E-state index contributed by atoms with van der Waals surface area (Å²) in [4.78, 5) is 29.4. The number of phenolic OH excluding ortho intramolecular Hbond substituents is 1. The molecule has 11 heteroatoms. The highest BCUT2D eigenvalue weighted by Crippen LogP contribution is 2.58. The van der Waals surface area contributed by atoms with Gasteiger partial charge in [0.25, 0.3) is 0 Å². The number of nitrogens with one attached hydrogen (secondary N) is 1. The van der Waals surface area contributed by atoms with Crippen molar-refractivity contribution in [3.63, 3.8) is 0 Å². The zero-order chi connectivity index (χ0) is 30.7. The summed E-state index contributed by atoms with van der Waals surface area (Å²) in [6.07, 6.45) is 4.06. The van der Waals surface area contributed by atoms with E-state index in [4.69, 9.17) is 18.9 Å². The van der Waals surface area contributed by atoms with Crippen LogP contribution in [-0.2, 0) is 22.4 Å². The molecule has 0 aromatic heterocycles. The zero-order valence-corrected chi connectivity index (χ0v) is 25.2. The van der Waals surface area contributed by atoms with Gasteiger partial charge >= 0.3 is 5.97 Å². The standard InChI is InChI=1S/C32H36N4O7/c1-7-8-24(38)34-13-23-26-19(30(43-17(4)37)16(3)31-32(26)42-14-41-31)11-21-27-25-18(9-15(2)29(40-6)28(25)39)10-20(35(27)5)22(12-33)36(21)23/h7-9,20-23,27,39H,10-11,13-14H2,1-6H3,(H,34,38)/b8-7+/t20-,21?,22-,23-,27+/m0/s1. The van der Waals surface area contributed by atoms with Crippen molar-refractivity contribution in [2.45, 2.75) is 70.7 Å². The summed E-state index contributed by atoms with van der Waals surface area (Å²) in [5.74, 6) is 1.20. The molecule has 2 bridgehead atoms. The van der Waals surface area contributed by atoms with Crippen LogP contribution in [0.4, 0.5) is 0 Å². The van der Waals surface area contributed by atoms with Gasteiger partial charge in [-0.3, -0.25) is 19.4 Å². The van der Waals surface area contributed by atoms with Crippen molar-refractivity contribution in [3.8, 4) is 34.8 Å². The molecule has 0 radical (unpaired) electrons. The lowest BCUT2D eigenvalue weighted by molar-refractivity contribution is -0.132. The number of amides is 1. The molecule has 1 saturated heterocycles. The van der Waals surface area contributed by atoms with Gasteiger partial charge in [0.15, 0.2) is 23.0 Å². The van der Waals surface area contributed by atoms with Gasteiger partial charge in [0, 0.05) is 47.8 Å². The van der Waals surface area contributed by atoms with Crippen LogP contribution in [-0.4, -0.2) is 72.4 Å². The number of aryl methyl sites for hydroxylation is 1. The Morgan fingerprint density at radius 2 is 1.93 bits per heavy atom. The van der Waals surface area contributed by atoms with E-state index in [9.17, 15) is 20.0 Å². The molecule has 226 valence electrons. The van der Waals surface area contributed by atoms with E-state index in [1.807, 2.05) is 27.0 Å². The molecule has 0 saturated carbocycles. The molecule has 2 aromatic carbocycles. The molecule has 5 atom stereocenters. The Morgan fingerprint density at radius 3 is 2.60 bits per heavy atom. The Morgan fingerprint density at radius 1 is 1.19 bits per heavy atom. The molecule has 6 rings (SSSR count). The average Bonchev–Trinajstić information content (AvgIpc) is 3.45. The molecule has 11 nitrogen and oxygen atoms in total. The van der Waals surface area contributed by atoms with Crippen molar-refractivity contribution >= 4 is 11.9 Å². The summed E-state index contributed by atoms with van der Waals surface area (Å²) in [6.45, 7) is 7.03. The molecule has 1 amide bonds. The molecule has 0 aliphatic carbocycles. The SMILES string of the molecule is C/C=C/C(=O)NC[C@H]1c2c(c(OC(C)=O)c(C)c3c2OCO3)CC2[C@@H]3c4c(cc(C)c(OC)c4O)C[C@@H]([C@H](C#N)N21)N3C. The first-order chi connectivity index (χ1) is 20.6. The number of nitrogens with zero attached hydrogens (tertiary/aromatic N) is 3. The molecular formula is C32H36N4O7. The number of benzene rings is 2. The number of ether oxygens (including phenoxy) is 4. The lowest BCUT2D eigenvalue weighted by atomic mass is 9.71. The third-order valence-corrected chi connectivity index (χ3v) is 9.30. The maximum absolute atomic E-state index is 12.7. The van der Waals surface area contributed by atoms with Crippen molar-refractivity contribution in [2.24, 2.45) is 0 Å². The minimum Gasteiger partial charge on any atom is -0.504 e. The highest BCUT2D eigenvalue weighted by molar-refractivity contribution is 5.87. The van der Waals surface area contributed by atoms with Gasteiger partial charge in [0.05, 0.1) is 25.3 Å². The van der Waals surface area contributed by atoms with Gasteiger partial charge in [0.2, 0.25) is 12.7 Å². The average molecular weight is 589 g/mol. The van der Waals surface area contributed by atoms with Gasteiger partial charge in [0.1, 0.15) is 11.8 Å². The normalized spacial score (nSPS) is 25.4. The Labute approximate surface area is 250 Å². The number of nitriles is 1. The van der Waals surface area contributed by atoms with Gasteiger partial charge < -0.3 is 29.4 Å². The molecule has 4 aliphatic heterocycles. The number of esters is 1. The number of likely N-dealkylation sites (N-methyl/N-ethyl adjacent to an activating group) is 1. The first-order valence-corrected chi connectivity index (χ1v) is 14.4. The van der Waals surface area contributed by atoms with Crippen LogP contribution in [0.5, 0.6) is 28.7 Å². The third kappa shape index (κ3) is 4.31. The van der Waals surface area contributed by atoms with Crippen LogP contribution in [0.15, 0.2) is 18.2 Å². The quantitative estimate of drug-likeness (QED) is 0.305. The number of carbonyl (C=O) groups excluding carboxylic acids is 2. The molecule has 0 spiro atoms. The van der Waals surface area contributed by atoms with Crippen LogP contribution < -0.4 is 24.3 Å². The highest BCUT2D eigenvalue weighted by atomic mass is 16.7. The van der Waals surface area contributed by atoms with Gasteiger partial charge in [-0.25, -0.2) is 0 Å². The van der Waals surface area contributed by atoms with Crippen LogP contribution in [0.2, 0.25) is 0 Å². The minimum atomic E-state index is -0.558. The predicted molar refractivity (Wildman–Crippen MR) is 155 cm³/mol. The Kier molecular flexibility index (Phi) is 7.22. The number of carbonyl (C=O) groups is 2. The first kappa shape index (κ1) is 28.8. The van der Waals surface area contributed by atoms with E-state index < -0.39 is 18.1 Å². The molecule has 2 aromatic rings. The molecule has 4 heterocycles. The molecule has 1 unspecified atom stereocenters. The van der Waals surface area contributed by atoms with E-state index >= 15 is 0 Å². The number of piperazine rings is 1. The summed E-state index contributed by atoms with van der Waals surface area (Å²) in [6, 6.07) is 2.69. The fourth-order valence-corrected chi connectivity index (χ4v) is 7.72. The summed E-state index contributed by atoms with van der Waals surface area (Å²) in [5.41, 5.74) is 4.71. The molecule has 1 fully saturated rings. The fourth-order valence-electron chi connectivity index (χ4n) is 7.72. The van der Waals surface area contributed by atoms with Crippen molar-refractivity contribution in [1.82, 2.24) is 15.1 Å². The van der Waals surface area contributed by atoms with Gasteiger partial charge in [-0.15, -0.1) is 0 Å². The number of aromatic hydroxyl groups is 1.